The number of aliphatic hydroxyl groups is 1. The van der Waals surface area contributed by atoms with Gasteiger partial charge in [-0.25, -0.2) is 4.39 Å². The van der Waals surface area contributed by atoms with Crippen molar-refractivity contribution < 1.29 is 28.6 Å². The van der Waals surface area contributed by atoms with Crippen LogP contribution in [0.4, 0.5) is 4.39 Å². The SMILES string of the molecule is C=CC[C@H](CC(=O)NCCO)C(=O)NC[C@H](OC(=O)[C@@H](CC=C)Cc1ccc(F)cc1)c1ccccc1. The molecule has 3 N–H and O–H groups in total. The van der Waals surface area contributed by atoms with Gasteiger partial charge in [0.1, 0.15) is 11.9 Å². The lowest BCUT2D eigenvalue weighted by Gasteiger charge is -2.23. The molecule has 7 nitrogen and oxygen atoms in total. The molecular formula is C29H35FN2O5. The average molecular weight is 511 g/mol. The van der Waals surface area contributed by atoms with Crippen molar-refractivity contribution in [3.63, 3.8) is 0 Å². The van der Waals surface area contributed by atoms with E-state index in [4.69, 9.17) is 9.84 Å². The fourth-order valence-corrected chi connectivity index (χ4v) is 3.81. The summed E-state index contributed by atoms with van der Waals surface area (Å²) in [4.78, 5) is 38.1. The molecule has 37 heavy (non-hydrogen) atoms. The highest BCUT2D eigenvalue weighted by molar-refractivity contribution is 5.86. The predicted octanol–water partition coefficient (Wildman–Crippen LogP) is 3.65. The zero-order valence-corrected chi connectivity index (χ0v) is 20.9. The van der Waals surface area contributed by atoms with Crippen molar-refractivity contribution in [1.82, 2.24) is 10.6 Å². The third-order valence-electron chi connectivity index (χ3n) is 5.76. The van der Waals surface area contributed by atoms with E-state index in [0.29, 0.717) is 18.4 Å². The molecule has 2 aromatic carbocycles. The minimum absolute atomic E-state index is 0.0118. The molecule has 0 spiro atoms. The largest absolute Gasteiger partial charge is 0.455 e. The van der Waals surface area contributed by atoms with Crippen LogP contribution in [-0.4, -0.2) is 42.6 Å². The predicted molar refractivity (Wildman–Crippen MR) is 140 cm³/mol. The summed E-state index contributed by atoms with van der Waals surface area (Å²) < 4.78 is 19.2. The molecule has 0 aliphatic heterocycles. The van der Waals surface area contributed by atoms with Gasteiger partial charge in [0, 0.05) is 13.0 Å². The highest BCUT2D eigenvalue weighted by Gasteiger charge is 2.26. The molecule has 0 bridgehead atoms. The molecular weight excluding hydrogens is 475 g/mol. The summed E-state index contributed by atoms with van der Waals surface area (Å²) in [5.41, 5.74) is 1.50. The number of amides is 2. The zero-order chi connectivity index (χ0) is 27.0. The molecule has 2 rings (SSSR count). The van der Waals surface area contributed by atoms with Gasteiger partial charge in [0.15, 0.2) is 0 Å². The van der Waals surface area contributed by atoms with Gasteiger partial charge in [-0.05, 0) is 42.5 Å². The van der Waals surface area contributed by atoms with Gasteiger partial charge in [-0.2, -0.15) is 0 Å². The summed E-state index contributed by atoms with van der Waals surface area (Å²) in [6.07, 6.45) is 3.38. The van der Waals surface area contributed by atoms with E-state index in [2.05, 4.69) is 23.8 Å². The van der Waals surface area contributed by atoms with Crippen molar-refractivity contribution in [3.05, 3.63) is 96.9 Å². The van der Waals surface area contributed by atoms with E-state index in [9.17, 15) is 18.8 Å². The second-order valence-electron chi connectivity index (χ2n) is 8.63. The molecule has 3 atom stereocenters. The van der Waals surface area contributed by atoms with E-state index < -0.39 is 23.9 Å². The van der Waals surface area contributed by atoms with E-state index in [1.165, 1.54) is 12.1 Å². The maximum absolute atomic E-state index is 13.3. The van der Waals surface area contributed by atoms with Crippen LogP contribution in [-0.2, 0) is 25.5 Å². The maximum Gasteiger partial charge on any atom is 0.310 e. The van der Waals surface area contributed by atoms with E-state index in [1.54, 1.807) is 36.4 Å². The molecule has 8 heteroatoms. The Bertz CT molecular complexity index is 1030. The van der Waals surface area contributed by atoms with Crippen LogP contribution >= 0.6 is 0 Å². The quantitative estimate of drug-likeness (QED) is 0.236. The number of hydrogen-bond donors (Lipinski definition) is 3. The van der Waals surface area contributed by atoms with Crippen molar-refractivity contribution in [2.45, 2.75) is 31.8 Å². The Morgan fingerprint density at radius 3 is 2.22 bits per heavy atom. The van der Waals surface area contributed by atoms with Gasteiger partial charge in [-0.15, -0.1) is 13.2 Å². The molecule has 0 aromatic heterocycles. The van der Waals surface area contributed by atoms with Crippen LogP contribution in [0.25, 0.3) is 0 Å². The number of hydrogen-bond acceptors (Lipinski definition) is 5. The summed E-state index contributed by atoms with van der Waals surface area (Å²) in [5, 5.41) is 14.2. The van der Waals surface area contributed by atoms with E-state index in [-0.39, 0.29) is 50.2 Å². The monoisotopic (exact) mass is 510 g/mol. The molecule has 0 radical (unpaired) electrons. The second-order valence-corrected chi connectivity index (χ2v) is 8.63. The van der Waals surface area contributed by atoms with E-state index >= 15 is 0 Å². The Balaban J connectivity index is 2.11. The van der Waals surface area contributed by atoms with Crippen LogP contribution in [0.2, 0.25) is 0 Å². The first-order chi connectivity index (χ1) is 17.9. The molecule has 0 aliphatic carbocycles. The Morgan fingerprint density at radius 2 is 1.59 bits per heavy atom. The molecule has 0 saturated heterocycles. The number of halogens is 1. The first kappa shape index (κ1) is 29.5. The van der Waals surface area contributed by atoms with Crippen molar-refractivity contribution in [2.24, 2.45) is 11.8 Å². The van der Waals surface area contributed by atoms with Crippen LogP contribution in [0, 0.1) is 17.7 Å². The summed E-state index contributed by atoms with van der Waals surface area (Å²) in [7, 11) is 0. The Kier molecular flexibility index (Phi) is 12.8. The van der Waals surface area contributed by atoms with Gasteiger partial charge in [0.05, 0.1) is 25.0 Å². The van der Waals surface area contributed by atoms with Gasteiger partial charge in [0.25, 0.3) is 0 Å². The molecule has 0 aliphatic rings. The van der Waals surface area contributed by atoms with Crippen LogP contribution < -0.4 is 10.6 Å². The topological polar surface area (TPSA) is 105 Å². The third-order valence-corrected chi connectivity index (χ3v) is 5.76. The molecule has 0 saturated carbocycles. The fourth-order valence-electron chi connectivity index (χ4n) is 3.81. The van der Waals surface area contributed by atoms with Gasteiger partial charge < -0.3 is 20.5 Å². The zero-order valence-electron chi connectivity index (χ0n) is 20.9. The van der Waals surface area contributed by atoms with Gasteiger partial charge >= 0.3 is 5.97 Å². The van der Waals surface area contributed by atoms with Crippen molar-refractivity contribution in [1.29, 1.82) is 0 Å². The lowest BCUT2D eigenvalue weighted by molar-refractivity contribution is -0.154. The molecule has 0 fully saturated rings. The third kappa shape index (κ3) is 10.4. The summed E-state index contributed by atoms with van der Waals surface area (Å²) >= 11 is 0. The number of esters is 1. The minimum Gasteiger partial charge on any atom is -0.455 e. The lowest BCUT2D eigenvalue weighted by atomic mass is 9.96. The number of allylic oxidation sites excluding steroid dienone is 2. The number of carbonyl (C=O) groups excluding carboxylic acids is 3. The maximum atomic E-state index is 13.3. The number of carbonyl (C=O) groups is 3. The molecule has 2 aromatic rings. The molecule has 198 valence electrons. The van der Waals surface area contributed by atoms with E-state index in [0.717, 1.165) is 5.56 Å². The first-order valence-corrected chi connectivity index (χ1v) is 12.2. The average Bonchev–Trinajstić information content (AvgIpc) is 2.90. The standard InChI is InChI=1S/C29H35FN2O5/c1-3-8-23(19-27(34)31-16-17-33)28(35)32-20-26(22-10-6-5-7-11-22)37-29(36)24(9-4-2)18-21-12-14-25(30)15-13-21/h3-7,10-15,23-24,26,33H,1-2,8-9,16-20H2,(H,31,34)(H,32,35)/t23-,24+,26+/m1/s1. The number of aliphatic hydroxyl groups excluding tert-OH is 1. The van der Waals surface area contributed by atoms with Crippen LogP contribution in [0.3, 0.4) is 0 Å². The van der Waals surface area contributed by atoms with Crippen LogP contribution in [0.5, 0.6) is 0 Å². The molecule has 0 unspecified atom stereocenters. The van der Waals surface area contributed by atoms with Crippen molar-refractivity contribution >= 4 is 17.8 Å². The van der Waals surface area contributed by atoms with Gasteiger partial charge in [0.2, 0.25) is 11.8 Å². The van der Waals surface area contributed by atoms with Gasteiger partial charge in [-0.3, -0.25) is 14.4 Å². The first-order valence-electron chi connectivity index (χ1n) is 12.2. The summed E-state index contributed by atoms with van der Waals surface area (Å²) in [5.74, 6) is -2.73. The van der Waals surface area contributed by atoms with E-state index in [1.807, 2.05) is 18.2 Å². The minimum atomic E-state index is -0.759. The highest BCUT2D eigenvalue weighted by atomic mass is 19.1. The van der Waals surface area contributed by atoms with Crippen molar-refractivity contribution in [2.75, 3.05) is 19.7 Å². The summed E-state index contributed by atoms with van der Waals surface area (Å²) in [6, 6.07) is 15.0. The van der Waals surface area contributed by atoms with Gasteiger partial charge in [-0.1, -0.05) is 54.6 Å². The molecule has 0 heterocycles. The van der Waals surface area contributed by atoms with Crippen LogP contribution in [0.1, 0.15) is 36.5 Å². The van der Waals surface area contributed by atoms with Crippen molar-refractivity contribution in [3.8, 4) is 0 Å². The normalized spacial score (nSPS) is 13.0. The number of nitrogens with one attached hydrogen (secondary N) is 2. The number of benzene rings is 2. The highest BCUT2D eigenvalue weighted by Crippen LogP contribution is 2.22. The number of rotatable bonds is 16. The Morgan fingerprint density at radius 1 is 0.946 bits per heavy atom. The fraction of sp³-hybridized carbons (Fsp3) is 0.345. The lowest BCUT2D eigenvalue weighted by Crippen LogP contribution is -2.38. The Labute approximate surface area is 217 Å². The second kappa shape index (κ2) is 16.1. The summed E-state index contributed by atoms with van der Waals surface area (Å²) in [6.45, 7) is 7.32. The van der Waals surface area contributed by atoms with Crippen LogP contribution in [0.15, 0.2) is 79.9 Å². The Hall–Kier alpha value is -3.78. The number of ether oxygens (including phenoxy) is 1. The smallest absolute Gasteiger partial charge is 0.310 e. The molecule has 2 amide bonds.